The van der Waals surface area contributed by atoms with Crippen molar-refractivity contribution < 1.29 is 9.31 Å². The quantitative estimate of drug-likeness (QED) is 0.329. The minimum Gasteiger partial charge on any atom is -0.413 e. The second-order valence-corrected chi connectivity index (χ2v) is 4.67. The highest BCUT2D eigenvalue weighted by Crippen LogP contribution is 2.03. The van der Waals surface area contributed by atoms with E-state index in [0.717, 1.165) is 26.1 Å². The molecule has 2 nitrogen and oxygen atoms in total. The van der Waals surface area contributed by atoms with Crippen molar-refractivity contribution in [2.75, 3.05) is 13.2 Å². The van der Waals surface area contributed by atoms with E-state index in [4.69, 9.17) is 9.31 Å². The molecule has 0 atom stereocenters. The van der Waals surface area contributed by atoms with Crippen LogP contribution in [0.1, 0.15) is 78.1 Å². The molecule has 1 radical (unpaired) electrons. The van der Waals surface area contributed by atoms with Crippen LogP contribution in [0.5, 0.6) is 0 Å². The van der Waals surface area contributed by atoms with Crippen molar-refractivity contribution in [2.45, 2.75) is 78.1 Å². The molecule has 0 fully saturated rings. The molecule has 0 rings (SSSR count). The second-order valence-electron chi connectivity index (χ2n) is 4.67. The lowest BCUT2D eigenvalue weighted by Gasteiger charge is -2.04. The van der Waals surface area contributed by atoms with Crippen molar-refractivity contribution in [3.63, 3.8) is 0 Å². The lowest BCUT2D eigenvalue weighted by molar-refractivity contribution is 0.213. The summed E-state index contributed by atoms with van der Waals surface area (Å²) < 4.78 is 10.6. The van der Waals surface area contributed by atoms with Crippen LogP contribution >= 0.6 is 0 Å². The fourth-order valence-corrected chi connectivity index (χ4v) is 1.72. The Kier molecular flexibility index (Phi) is 16.0. The predicted octanol–water partition coefficient (Wildman–Crippen LogP) is 4.49. The molecule has 0 heterocycles. The fourth-order valence-electron chi connectivity index (χ4n) is 1.72. The minimum absolute atomic E-state index is 0.805. The van der Waals surface area contributed by atoms with Crippen molar-refractivity contribution >= 4 is 7.69 Å². The summed E-state index contributed by atoms with van der Waals surface area (Å²) in [4.78, 5) is 0. The molecule has 0 aromatic heterocycles. The van der Waals surface area contributed by atoms with Crippen molar-refractivity contribution in [3.8, 4) is 0 Å². The summed E-state index contributed by atoms with van der Waals surface area (Å²) in [5.74, 6) is 0. The van der Waals surface area contributed by atoms with Crippen LogP contribution in [-0.2, 0) is 9.31 Å². The zero-order valence-electron chi connectivity index (χ0n) is 11.9. The lowest BCUT2D eigenvalue weighted by Crippen LogP contribution is -2.07. The second kappa shape index (κ2) is 16.0. The summed E-state index contributed by atoms with van der Waals surface area (Å²) in [5.41, 5.74) is 0. The first kappa shape index (κ1) is 17.0. The third-order valence-electron chi connectivity index (χ3n) is 2.87. The first-order valence-electron chi connectivity index (χ1n) is 7.46. The predicted molar refractivity (Wildman–Crippen MR) is 75.2 cm³/mol. The highest BCUT2D eigenvalue weighted by Gasteiger charge is 1.95. The van der Waals surface area contributed by atoms with Gasteiger partial charge in [-0.25, -0.2) is 0 Å². The number of unbranched alkanes of at least 4 members (excludes halogenated alkanes) is 8. The van der Waals surface area contributed by atoms with Gasteiger partial charge >= 0.3 is 7.69 Å². The third kappa shape index (κ3) is 16.0. The topological polar surface area (TPSA) is 18.5 Å². The Morgan fingerprint density at radius 3 is 1.41 bits per heavy atom. The van der Waals surface area contributed by atoms with Gasteiger partial charge in [0.25, 0.3) is 0 Å². The van der Waals surface area contributed by atoms with Crippen molar-refractivity contribution in [1.82, 2.24) is 0 Å². The van der Waals surface area contributed by atoms with E-state index in [1.807, 2.05) is 0 Å². The summed E-state index contributed by atoms with van der Waals surface area (Å²) in [6, 6.07) is 0. The van der Waals surface area contributed by atoms with Gasteiger partial charge in [-0.1, -0.05) is 65.2 Å². The molecule has 0 aliphatic heterocycles. The van der Waals surface area contributed by atoms with Gasteiger partial charge in [0.15, 0.2) is 0 Å². The van der Waals surface area contributed by atoms with E-state index in [1.54, 1.807) is 0 Å². The van der Waals surface area contributed by atoms with Gasteiger partial charge < -0.3 is 9.31 Å². The van der Waals surface area contributed by atoms with Gasteiger partial charge in [-0.05, 0) is 12.8 Å². The van der Waals surface area contributed by atoms with E-state index in [0.29, 0.717) is 0 Å². The molecule has 0 saturated carbocycles. The van der Waals surface area contributed by atoms with Crippen LogP contribution in [0.15, 0.2) is 0 Å². The molecule has 0 aromatic carbocycles. The van der Waals surface area contributed by atoms with E-state index < -0.39 is 0 Å². The number of rotatable bonds is 14. The van der Waals surface area contributed by atoms with Crippen LogP contribution in [0, 0.1) is 0 Å². The standard InChI is InChI=1S/C14H30BO2/c1-3-5-7-9-11-13-16-15-17-14-12-10-8-6-4-2/h3-14H2,1-2H3. The molecular weight excluding hydrogens is 211 g/mol. The molecule has 0 amide bonds. The van der Waals surface area contributed by atoms with Crippen molar-refractivity contribution in [3.05, 3.63) is 0 Å². The van der Waals surface area contributed by atoms with Gasteiger partial charge in [0.1, 0.15) is 0 Å². The maximum atomic E-state index is 5.29. The fraction of sp³-hybridized carbons (Fsp3) is 1.00. The molecule has 17 heavy (non-hydrogen) atoms. The van der Waals surface area contributed by atoms with Crippen LogP contribution in [0.25, 0.3) is 0 Å². The molecule has 0 aromatic rings. The van der Waals surface area contributed by atoms with E-state index in [2.05, 4.69) is 13.8 Å². The maximum Gasteiger partial charge on any atom is 0.487 e. The molecule has 0 saturated heterocycles. The van der Waals surface area contributed by atoms with Crippen LogP contribution in [-0.4, -0.2) is 20.9 Å². The molecular formula is C14H30BO2. The molecule has 0 spiro atoms. The van der Waals surface area contributed by atoms with Gasteiger partial charge in [-0.15, -0.1) is 0 Å². The van der Waals surface area contributed by atoms with E-state index in [1.165, 1.54) is 59.1 Å². The normalized spacial score (nSPS) is 10.7. The van der Waals surface area contributed by atoms with Crippen molar-refractivity contribution in [1.29, 1.82) is 0 Å². The summed E-state index contributed by atoms with van der Waals surface area (Å²) >= 11 is 0. The number of hydrogen-bond acceptors (Lipinski definition) is 2. The number of hydrogen-bond donors (Lipinski definition) is 0. The van der Waals surface area contributed by atoms with E-state index in [9.17, 15) is 0 Å². The average Bonchev–Trinajstić information content (AvgIpc) is 2.35. The molecule has 0 N–H and O–H groups in total. The highest BCUT2D eigenvalue weighted by atomic mass is 16.6. The Hall–Kier alpha value is -0.0151. The summed E-state index contributed by atoms with van der Waals surface area (Å²) in [5, 5.41) is 0. The highest BCUT2D eigenvalue weighted by molar-refractivity contribution is 6.17. The molecule has 101 valence electrons. The maximum absolute atomic E-state index is 5.29. The lowest BCUT2D eigenvalue weighted by atomic mass is 10.1. The first-order valence-corrected chi connectivity index (χ1v) is 7.46. The van der Waals surface area contributed by atoms with E-state index >= 15 is 0 Å². The smallest absolute Gasteiger partial charge is 0.413 e. The van der Waals surface area contributed by atoms with Crippen molar-refractivity contribution in [2.24, 2.45) is 0 Å². The molecule has 0 bridgehead atoms. The van der Waals surface area contributed by atoms with Crippen LogP contribution < -0.4 is 0 Å². The Morgan fingerprint density at radius 1 is 0.588 bits per heavy atom. The van der Waals surface area contributed by atoms with Gasteiger partial charge in [0.05, 0.1) is 0 Å². The zero-order chi connectivity index (χ0) is 12.6. The van der Waals surface area contributed by atoms with Crippen LogP contribution in [0.3, 0.4) is 0 Å². The van der Waals surface area contributed by atoms with Gasteiger partial charge in [0, 0.05) is 13.2 Å². The molecule has 0 aliphatic rings. The largest absolute Gasteiger partial charge is 0.487 e. The SMILES string of the molecule is CCCCCCCO[B]OCCCCCCC. The zero-order valence-corrected chi connectivity index (χ0v) is 11.9. The Morgan fingerprint density at radius 2 is 1.00 bits per heavy atom. The Bertz CT molecular complexity index is 117. The molecule has 0 unspecified atom stereocenters. The minimum atomic E-state index is 0.805. The third-order valence-corrected chi connectivity index (χ3v) is 2.87. The summed E-state index contributed by atoms with van der Waals surface area (Å²) in [6.45, 7) is 6.08. The monoisotopic (exact) mass is 241 g/mol. The Labute approximate surface area is 109 Å². The summed E-state index contributed by atoms with van der Waals surface area (Å²) in [7, 11) is 1.53. The molecule has 3 heteroatoms. The first-order chi connectivity index (χ1) is 8.41. The summed E-state index contributed by atoms with van der Waals surface area (Å²) in [6.07, 6.45) is 12.8. The molecule has 0 aliphatic carbocycles. The van der Waals surface area contributed by atoms with Gasteiger partial charge in [-0.3, -0.25) is 0 Å². The average molecular weight is 241 g/mol. The van der Waals surface area contributed by atoms with Gasteiger partial charge in [0.2, 0.25) is 0 Å². The van der Waals surface area contributed by atoms with Crippen LogP contribution in [0.4, 0.5) is 0 Å². The van der Waals surface area contributed by atoms with E-state index in [-0.39, 0.29) is 0 Å². The van der Waals surface area contributed by atoms with Crippen LogP contribution in [0.2, 0.25) is 0 Å². The Balaban J connectivity index is 2.85. The van der Waals surface area contributed by atoms with Gasteiger partial charge in [-0.2, -0.15) is 0 Å².